The minimum absolute atomic E-state index is 0.0377. The number of carbonyl (C=O) groups excluding carboxylic acids is 1. The topological polar surface area (TPSA) is 60.2 Å². The number of halogens is 3. The third-order valence-corrected chi connectivity index (χ3v) is 2.82. The molecule has 0 amide bonds. The highest BCUT2D eigenvalue weighted by Gasteiger charge is 2.33. The van der Waals surface area contributed by atoms with E-state index in [1.54, 1.807) is 6.92 Å². The molecule has 18 heavy (non-hydrogen) atoms. The molecule has 0 unspecified atom stereocenters. The van der Waals surface area contributed by atoms with Crippen molar-refractivity contribution in [1.29, 1.82) is 0 Å². The fourth-order valence-electron chi connectivity index (χ4n) is 1.25. The first-order valence-electron chi connectivity index (χ1n) is 4.82. The van der Waals surface area contributed by atoms with E-state index in [0.717, 1.165) is 18.2 Å². The van der Waals surface area contributed by atoms with E-state index in [1.807, 2.05) is 0 Å². The van der Waals surface area contributed by atoms with Crippen molar-refractivity contribution in [2.75, 3.05) is 0 Å². The number of benzene rings is 1. The normalized spacial score (nSPS) is 11.3. The lowest BCUT2D eigenvalue weighted by atomic mass is 10.1. The Morgan fingerprint density at radius 3 is 2.50 bits per heavy atom. The van der Waals surface area contributed by atoms with Crippen LogP contribution in [0.5, 0.6) is 0 Å². The van der Waals surface area contributed by atoms with Crippen LogP contribution in [0.2, 0.25) is 0 Å². The molecule has 1 rings (SSSR count). The van der Waals surface area contributed by atoms with Crippen LogP contribution in [0.4, 0.5) is 18.9 Å². The minimum Gasteiger partial charge on any atom is -0.294 e. The summed E-state index contributed by atoms with van der Waals surface area (Å²) in [5.74, 6) is -0.360. The van der Waals surface area contributed by atoms with Crippen molar-refractivity contribution in [1.82, 2.24) is 0 Å². The van der Waals surface area contributed by atoms with E-state index in [0.29, 0.717) is 0 Å². The fourth-order valence-corrected chi connectivity index (χ4v) is 1.87. The van der Waals surface area contributed by atoms with E-state index >= 15 is 0 Å². The highest BCUT2D eigenvalue weighted by Crippen LogP contribution is 2.41. The van der Waals surface area contributed by atoms with E-state index in [1.165, 1.54) is 0 Å². The zero-order chi connectivity index (χ0) is 13.9. The standard InChI is InChI=1S/C10H8F3NO3S/c1-2-8(15)6-3-4-9(18-10(11,12)13)7(5-6)14(16)17/h3-5H,2H2,1H3. The van der Waals surface area contributed by atoms with E-state index in [2.05, 4.69) is 0 Å². The second-order valence-electron chi connectivity index (χ2n) is 3.26. The summed E-state index contributed by atoms with van der Waals surface area (Å²) in [6.45, 7) is 1.56. The summed E-state index contributed by atoms with van der Waals surface area (Å²) in [6, 6.07) is 2.98. The number of thioether (sulfide) groups is 1. The summed E-state index contributed by atoms with van der Waals surface area (Å²) >= 11 is -0.569. The molecule has 98 valence electrons. The molecule has 0 fully saturated rings. The quantitative estimate of drug-likeness (QED) is 0.364. The number of alkyl halides is 3. The van der Waals surface area contributed by atoms with Crippen molar-refractivity contribution in [3.8, 4) is 0 Å². The first-order chi connectivity index (χ1) is 8.24. The molecule has 0 saturated carbocycles. The van der Waals surface area contributed by atoms with Gasteiger partial charge in [0.15, 0.2) is 5.78 Å². The maximum atomic E-state index is 12.2. The molecule has 1 aromatic carbocycles. The molecule has 0 aliphatic heterocycles. The van der Waals surface area contributed by atoms with Crippen molar-refractivity contribution in [2.45, 2.75) is 23.7 Å². The molecule has 4 nitrogen and oxygen atoms in total. The molecular weight excluding hydrogens is 271 g/mol. The van der Waals surface area contributed by atoms with Crippen LogP contribution in [0.25, 0.3) is 0 Å². The number of nitrogens with zero attached hydrogens (tertiary/aromatic N) is 1. The number of ketones is 1. The molecule has 8 heteroatoms. The Hall–Kier alpha value is -1.57. The largest absolute Gasteiger partial charge is 0.446 e. The maximum Gasteiger partial charge on any atom is 0.446 e. The smallest absolute Gasteiger partial charge is 0.294 e. The Morgan fingerprint density at radius 1 is 1.44 bits per heavy atom. The fraction of sp³-hybridized carbons (Fsp3) is 0.300. The van der Waals surface area contributed by atoms with E-state index in [4.69, 9.17) is 0 Å². The molecule has 0 bridgehead atoms. The summed E-state index contributed by atoms with van der Waals surface area (Å²) in [4.78, 5) is 20.6. The number of carbonyl (C=O) groups is 1. The van der Waals surface area contributed by atoms with Gasteiger partial charge in [-0.3, -0.25) is 14.9 Å². The van der Waals surface area contributed by atoms with Crippen LogP contribution in [0.15, 0.2) is 23.1 Å². The van der Waals surface area contributed by atoms with Gasteiger partial charge in [-0.25, -0.2) is 0 Å². The summed E-state index contributed by atoms with van der Waals surface area (Å²) in [6.07, 6.45) is 0.128. The summed E-state index contributed by atoms with van der Waals surface area (Å²) in [5.41, 5.74) is -5.28. The highest BCUT2D eigenvalue weighted by atomic mass is 32.2. The zero-order valence-electron chi connectivity index (χ0n) is 9.15. The Labute approximate surface area is 104 Å². The average molecular weight is 279 g/mol. The van der Waals surface area contributed by atoms with Gasteiger partial charge in [0.2, 0.25) is 0 Å². The van der Waals surface area contributed by atoms with Gasteiger partial charge in [-0.05, 0) is 23.9 Å². The Morgan fingerprint density at radius 2 is 2.06 bits per heavy atom. The van der Waals surface area contributed by atoms with Gasteiger partial charge in [0, 0.05) is 18.1 Å². The number of nitro groups is 1. The summed E-state index contributed by atoms with van der Waals surface area (Å²) < 4.78 is 36.6. The molecule has 1 aromatic rings. The Kier molecular flexibility index (Phi) is 4.33. The van der Waals surface area contributed by atoms with Gasteiger partial charge in [0.25, 0.3) is 5.69 Å². The molecule has 0 N–H and O–H groups in total. The van der Waals surface area contributed by atoms with Crippen LogP contribution < -0.4 is 0 Å². The number of hydrogen-bond donors (Lipinski definition) is 0. The average Bonchev–Trinajstić information content (AvgIpc) is 2.26. The third-order valence-electron chi connectivity index (χ3n) is 2.02. The van der Waals surface area contributed by atoms with E-state index in [9.17, 15) is 28.1 Å². The lowest BCUT2D eigenvalue weighted by Crippen LogP contribution is -2.03. The van der Waals surface area contributed by atoms with Gasteiger partial charge in [-0.1, -0.05) is 6.92 Å². The monoisotopic (exact) mass is 279 g/mol. The van der Waals surface area contributed by atoms with Crippen molar-refractivity contribution < 1.29 is 22.9 Å². The van der Waals surface area contributed by atoms with Crippen LogP contribution in [-0.2, 0) is 0 Å². The van der Waals surface area contributed by atoms with E-state index < -0.39 is 32.8 Å². The highest BCUT2D eigenvalue weighted by molar-refractivity contribution is 8.00. The molecule has 0 radical (unpaired) electrons. The molecule has 0 spiro atoms. The van der Waals surface area contributed by atoms with Gasteiger partial charge in [0.05, 0.1) is 9.82 Å². The molecular formula is C10H8F3NO3S. The first kappa shape index (κ1) is 14.5. The molecule has 0 saturated heterocycles. The Bertz CT molecular complexity index is 488. The Balaban J connectivity index is 3.21. The number of rotatable bonds is 4. The summed E-state index contributed by atoms with van der Waals surface area (Å²) in [5, 5.41) is 10.7. The van der Waals surface area contributed by atoms with E-state index in [-0.39, 0.29) is 17.8 Å². The number of hydrogen-bond acceptors (Lipinski definition) is 4. The van der Waals surface area contributed by atoms with Gasteiger partial charge in [-0.2, -0.15) is 13.2 Å². The molecule has 0 atom stereocenters. The maximum absolute atomic E-state index is 12.2. The second kappa shape index (κ2) is 5.38. The molecule has 0 aromatic heterocycles. The summed E-state index contributed by atoms with van der Waals surface area (Å²) in [7, 11) is 0. The SMILES string of the molecule is CCC(=O)c1ccc(SC(F)(F)F)c([N+](=O)[O-])c1. The van der Waals surface area contributed by atoms with Crippen LogP contribution in [0.1, 0.15) is 23.7 Å². The minimum atomic E-state index is -4.61. The van der Waals surface area contributed by atoms with Crippen LogP contribution in [0.3, 0.4) is 0 Å². The van der Waals surface area contributed by atoms with Crippen molar-refractivity contribution in [3.63, 3.8) is 0 Å². The van der Waals surface area contributed by atoms with Gasteiger partial charge in [0.1, 0.15) is 0 Å². The van der Waals surface area contributed by atoms with Crippen LogP contribution in [0, 0.1) is 10.1 Å². The predicted molar refractivity (Wildman–Crippen MR) is 59.6 cm³/mol. The van der Waals surface area contributed by atoms with Gasteiger partial charge < -0.3 is 0 Å². The lowest BCUT2D eigenvalue weighted by Gasteiger charge is -2.07. The third kappa shape index (κ3) is 3.73. The zero-order valence-corrected chi connectivity index (χ0v) is 9.97. The molecule has 0 aliphatic carbocycles. The number of Topliss-reactive ketones (excluding diaryl/α,β-unsaturated/α-hetero) is 1. The molecule has 0 aliphatic rings. The first-order valence-corrected chi connectivity index (χ1v) is 5.63. The van der Waals surface area contributed by atoms with Crippen LogP contribution >= 0.6 is 11.8 Å². The van der Waals surface area contributed by atoms with Gasteiger partial charge in [-0.15, -0.1) is 0 Å². The van der Waals surface area contributed by atoms with Crippen molar-refractivity contribution >= 4 is 23.2 Å². The predicted octanol–water partition coefficient (Wildman–Crippen LogP) is 3.80. The second-order valence-corrected chi connectivity index (χ2v) is 4.37. The van der Waals surface area contributed by atoms with Crippen molar-refractivity contribution in [3.05, 3.63) is 33.9 Å². The molecule has 0 heterocycles. The van der Waals surface area contributed by atoms with Crippen LogP contribution in [-0.4, -0.2) is 16.2 Å². The van der Waals surface area contributed by atoms with Gasteiger partial charge >= 0.3 is 5.51 Å². The number of nitro benzene ring substituents is 1. The lowest BCUT2D eigenvalue weighted by molar-refractivity contribution is -0.387. The van der Waals surface area contributed by atoms with Crippen molar-refractivity contribution in [2.24, 2.45) is 0 Å².